The molecular weight excluding hydrogens is 393 g/mol. The van der Waals surface area contributed by atoms with Gasteiger partial charge in [-0.05, 0) is 37.1 Å². The first kappa shape index (κ1) is 20.2. The largest absolute Gasteiger partial charge is 0.436 e. The van der Waals surface area contributed by atoms with E-state index in [9.17, 15) is 26.9 Å². The number of nitrogens with zero attached hydrogens (tertiary/aromatic N) is 4. The van der Waals surface area contributed by atoms with Gasteiger partial charge < -0.3 is 4.90 Å². The third kappa shape index (κ3) is 3.99. The normalized spacial score (nSPS) is 15.9. The summed E-state index contributed by atoms with van der Waals surface area (Å²) >= 11 is 0. The van der Waals surface area contributed by atoms with E-state index in [0.717, 1.165) is 36.6 Å². The second-order valence-electron chi connectivity index (χ2n) is 6.74. The highest BCUT2D eigenvalue weighted by atomic mass is 32.2. The number of hydrogen-bond donors (Lipinski definition) is 0. The molecule has 150 valence electrons. The van der Waals surface area contributed by atoms with Crippen molar-refractivity contribution in [2.24, 2.45) is 0 Å². The van der Waals surface area contributed by atoms with E-state index < -0.39 is 27.3 Å². The molecule has 2 aromatic rings. The molecule has 1 aliphatic heterocycles. The number of anilines is 1. The Bertz CT molecular complexity index is 997. The first-order valence-electron chi connectivity index (χ1n) is 8.78. The molecule has 1 aromatic carbocycles. The number of alkyl halides is 3. The van der Waals surface area contributed by atoms with Crippen molar-refractivity contribution in [3.63, 3.8) is 0 Å². The Hall–Kier alpha value is -2.54. The SMILES string of the molecule is CS(=O)(=O)c1ccc(-n2nc(C(F)(F)F)c(C#N)c2N2CCCCCC2)cc1. The van der Waals surface area contributed by atoms with Crippen molar-refractivity contribution < 1.29 is 21.6 Å². The van der Waals surface area contributed by atoms with Crippen LogP contribution in [-0.2, 0) is 16.0 Å². The summed E-state index contributed by atoms with van der Waals surface area (Å²) in [6.45, 7) is 1.05. The van der Waals surface area contributed by atoms with Gasteiger partial charge in [-0.25, -0.2) is 13.1 Å². The number of hydrogen-bond acceptors (Lipinski definition) is 5. The molecule has 0 radical (unpaired) electrons. The van der Waals surface area contributed by atoms with Crippen LogP contribution in [0.15, 0.2) is 29.2 Å². The van der Waals surface area contributed by atoms with Gasteiger partial charge in [-0.15, -0.1) is 0 Å². The lowest BCUT2D eigenvalue weighted by molar-refractivity contribution is -0.141. The second-order valence-corrected chi connectivity index (χ2v) is 8.75. The summed E-state index contributed by atoms with van der Waals surface area (Å²) in [5.41, 5.74) is -1.48. The van der Waals surface area contributed by atoms with Gasteiger partial charge in [-0.3, -0.25) is 0 Å². The molecule has 0 saturated carbocycles. The van der Waals surface area contributed by atoms with Gasteiger partial charge in [0, 0.05) is 19.3 Å². The fraction of sp³-hybridized carbons (Fsp3) is 0.444. The van der Waals surface area contributed by atoms with Crippen molar-refractivity contribution in [1.82, 2.24) is 9.78 Å². The predicted octanol–water partition coefficient (Wildman–Crippen LogP) is 3.55. The maximum Gasteiger partial charge on any atom is 0.436 e. The van der Waals surface area contributed by atoms with Crippen LogP contribution < -0.4 is 4.90 Å². The molecule has 0 amide bonds. The highest BCUT2D eigenvalue weighted by molar-refractivity contribution is 7.90. The maximum absolute atomic E-state index is 13.5. The quantitative estimate of drug-likeness (QED) is 0.770. The zero-order chi connectivity index (χ0) is 20.5. The number of rotatable bonds is 3. The summed E-state index contributed by atoms with van der Waals surface area (Å²) in [6.07, 6.45) is -0.157. The first-order valence-corrected chi connectivity index (χ1v) is 10.7. The zero-order valence-electron chi connectivity index (χ0n) is 15.2. The third-order valence-electron chi connectivity index (χ3n) is 4.66. The Morgan fingerprint density at radius 2 is 1.64 bits per heavy atom. The molecule has 1 fully saturated rings. The predicted molar refractivity (Wildman–Crippen MR) is 97.1 cm³/mol. The first-order chi connectivity index (χ1) is 13.1. The lowest BCUT2D eigenvalue weighted by Crippen LogP contribution is -2.27. The molecule has 2 heterocycles. The molecule has 0 spiro atoms. The van der Waals surface area contributed by atoms with E-state index in [1.165, 1.54) is 24.3 Å². The average molecular weight is 412 g/mol. The van der Waals surface area contributed by atoms with E-state index in [4.69, 9.17) is 0 Å². The minimum atomic E-state index is -4.77. The summed E-state index contributed by atoms with van der Waals surface area (Å²) in [7, 11) is -3.44. The molecule has 1 saturated heterocycles. The van der Waals surface area contributed by atoms with Gasteiger partial charge in [0.15, 0.2) is 21.3 Å². The molecule has 0 N–H and O–H groups in total. The topological polar surface area (TPSA) is 79.0 Å². The molecule has 0 bridgehead atoms. The number of sulfone groups is 1. The van der Waals surface area contributed by atoms with Gasteiger partial charge in [0.1, 0.15) is 11.6 Å². The molecule has 0 unspecified atom stereocenters. The van der Waals surface area contributed by atoms with Crippen LogP contribution in [0.2, 0.25) is 0 Å². The summed E-state index contributed by atoms with van der Waals surface area (Å²) in [5, 5.41) is 13.2. The van der Waals surface area contributed by atoms with E-state index in [-0.39, 0.29) is 16.4 Å². The molecule has 0 atom stereocenters. The number of benzene rings is 1. The highest BCUT2D eigenvalue weighted by Gasteiger charge is 2.41. The Labute approximate surface area is 161 Å². The molecule has 1 aromatic heterocycles. The number of aromatic nitrogens is 2. The minimum absolute atomic E-state index is 0.0521. The molecule has 28 heavy (non-hydrogen) atoms. The summed E-state index contributed by atoms with van der Waals surface area (Å²) in [4.78, 5) is 1.81. The van der Waals surface area contributed by atoms with Crippen molar-refractivity contribution in [2.75, 3.05) is 24.2 Å². The van der Waals surface area contributed by atoms with Crippen molar-refractivity contribution in [3.8, 4) is 11.8 Å². The van der Waals surface area contributed by atoms with Crippen LogP contribution >= 0.6 is 0 Å². The van der Waals surface area contributed by atoms with Crippen molar-refractivity contribution in [3.05, 3.63) is 35.5 Å². The average Bonchev–Trinajstić information content (AvgIpc) is 2.82. The Morgan fingerprint density at radius 1 is 1.07 bits per heavy atom. The van der Waals surface area contributed by atoms with Crippen LogP contribution in [0.4, 0.5) is 19.0 Å². The van der Waals surface area contributed by atoms with Gasteiger partial charge in [0.2, 0.25) is 0 Å². The lowest BCUT2D eigenvalue weighted by Gasteiger charge is -2.23. The van der Waals surface area contributed by atoms with E-state index in [1.807, 2.05) is 0 Å². The van der Waals surface area contributed by atoms with Gasteiger partial charge in [-0.1, -0.05) is 12.8 Å². The lowest BCUT2D eigenvalue weighted by atomic mass is 10.2. The zero-order valence-corrected chi connectivity index (χ0v) is 16.0. The van der Waals surface area contributed by atoms with Crippen molar-refractivity contribution in [1.29, 1.82) is 5.26 Å². The van der Waals surface area contributed by atoms with E-state index in [2.05, 4.69) is 5.10 Å². The van der Waals surface area contributed by atoms with Crippen molar-refractivity contribution >= 4 is 15.7 Å². The smallest absolute Gasteiger partial charge is 0.355 e. The number of halogens is 3. The molecule has 10 heteroatoms. The van der Waals surface area contributed by atoms with E-state index in [0.29, 0.717) is 13.1 Å². The highest BCUT2D eigenvalue weighted by Crippen LogP contribution is 2.37. The standard InChI is InChI=1S/C18H19F3N4O2S/c1-28(26,27)14-8-6-13(7-9-14)25-17(24-10-4-2-3-5-11-24)15(12-22)16(23-25)18(19,20)21/h6-9H,2-5,10-11H2,1H3. The molecule has 6 nitrogen and oxygen atoms in total. The van der Waals surface area contributed by atoms with Gasteiger partial charge >= 0.3 is 6.18 Å². The van der Waals surface area contributed by atoms with Gasteiger partial charge in [0.05, 0.1) is 10.6 Å². The molecule has 0 aliphatic carbocycles. The Morgan fingerprint density at radius 3 is 2.11 bits per heavy atom. The van der Waals surface area contributed by atoms with Crippen LogP contribution in [0, 0.1) is 11.3 Å². The summed E-state index contributed by atoms with van der Waals surface area (Å²) in [6, 6.07) is 7.10. The Kier molecular flexibility index (Phi) is 5.39. The van der Waals surface area contributed by atoms with Gasteiger partial charge in [-0.2, -0.15) is 23.5 Å². The van der Waals surface area contributed by atoms with Crippen LogP contribution in [0.3, 0.4) is 0 Å². The fourth-order valence-electron chi connectivity index (χ4n) is 3.30. The molecule has 1 aliphatic rings. The van der Waals surface area contributed by atoms with E-state index in [1.54, 1.807) is 11.0 Å². The second kappa shape index (κ2) is 7.47. The summed E-state index contributed by atoms with van der Waals surface area (Å²) < 4.78 is 64.9. The van der Waals surface area contributed by atoms with Crippen LogP contribution in [0.1, 0.15) is 36.9 Å². The molecular formula is C18H19F3N4O2S. The van der Waals surface area contributed by atoms with Crippen LogP contribution in [-0.4, -0.2) is 37.5 Å². The molecule has 3 rings (SSSR count). The van der Waals surface area contributed by atoms with E-state index >= 15 is 0 Å². The monoisotopic (exact) mass is 412 g/mol. The fourth-order valence-corrected chi connectivity index (χ4v) is 3.93. The minimum Gasteiger partial charge on any atom is -0.355 e. The van der Waals surface area contributed by atoms with Gasteiger partial charge in [0.25, 0.3) is 0 Å². The number of nitriles is 1. The van der Waals surface area contributed by atoms with Crippen LogP contribution in [0.5, 0.6) is 0 Å². The van der Waals surface area contributed by atoms with Crippen LogP contribution in [0.25, 0.3) is 5.69 Å². The Balaban J connectivity index is 2.19. The maximum atomic E-state index is 13.5. The van der Waals surface area contributed by atoms with Crippen molar-refractivity contribution in [2.45, 2.75) is 36.8 Å². The summed E-state index contributed by atoms with van der Waals surface area (Å²) in [5.74, 6) is 0.101. The third-order valence-corrected chi connectivity index (χ3v) is 5.78.